The highest BCUT2D eigenvalue weighted by Gasteiger charge is 2.16. The fraction of sp³-hybridized carbons (Fsp3) is 0.833. The van der Waals surface area contributed by atoms with Crippen molar-refractivity contribution < 1.29 is 4.74 Å². The summed E-state index contributed by atoms with van der Waals surface area (Å²) in [7, 11) is 1.71. The third kappa shape index (κ3) is 1.21. The lowest BCUT2D eigenvalue weighted by Gasteiger charge is -2.19. The first-order valence-corrected chi connectivity index (χ1v) is 3.20. The quantitative estimate of drug-likeness (QED) is 0.546. The van der Waals surface area contributed by atoms with Gasteiger partial charge < -0.3 is 4.74 Å². The molecule has 52 valence electrons. The topological polar surface area (TPSA) is 24.8 Å². The van der Waals surface area contributed by atoms with Gasteiger partial charge in [0, 0.05) is 26.3 Å². The van der Waals surface area contributed by atoms with Gasteiger partial charge in [-0.2, -0.15) is 5.10 Å². The maximum absolute atomic E-state index is 5.12. The second kappa shape index (κ2) is 2.82. The second-order valence-corrected chi connectivity index (χ2v) is 1.98. The number of hydrazone groups is 1. The van der Waals surface area contributed by atoms with E-state index in [1.165, 1.54) is 0 Å². The van der Waals surface area contributed by atoms with E-state index in [2.05, 4.69) is 12.0 Å². The van der Waals surface area contributed by atoms with Crippen LogP contribution in [-0.2, 0) is 4.74 Å². The molecule has 0 N–H and O–H groups in total. The summed E-state index contributed by atoms with van der Waals surface area (Å²) in [5, 5.41) is 6.02. The molecular formula is C6H12N2O. The van der Waals surface area contributed by atoms with E-state index >= 15 is 0 Å². The summed E-state index contributed by atoms with van der Waals surface area (Å²) in [6.45, 7) is 2.99. The predicted octanol–water partition coefficient (Wildman–Crippen LogP) is 0.670. The van der Waals surface area contributed by atoms with Crippen molar-refractivity contribution in [2.75, 3.05) is 13.7 Å². The molecule has 0 amide bonds. The number of hydrogen-bond donors (Lipinski definition) is 0. The van der Waals surface area contributed by atoms with Crippen LogP contribution in [0.15, 0.2) is 5.10 Å². The van der Waals surface area contributed by atoms with Crippen LogP contribution in [0.25, 0.3) is 0 Å². The standard InChI is InChI=1S/C6H12N2O/c1-3-8-6(9-2)4-5-7-8/h5-6H,3-4H2,1-2H3. The summed E-state index contributed by atoms with van der Waals surface area (Å²) in [6.07, 6.45) is 3.00. The zero-order chi connectivity index (χ0) is 6.69. The molecule has 0 spiro atoms. The summed E-state index contributed by atoms with van der Waals surface area (Å²) in [6, 6.07) is 0. The first-order valence-electron chi connectivity index (χ1n) is 3.20. The Morgan fingerprint density at radius 2 is 2.67 bits per heavy atom. The molecule has 0 aromatic heterocycles. The van der Waals surface area contributed by atoms with Crippen LogP contribution in [-0.4, -0.2) is 31.1 Å². The molecular weight excluding hydrogens is 116 g/mol. The highest BCUT2D eigenvalue weighted by molar-refractivity contribution is 5.59. The van der Waals surface area contributed by atoms with E-state index in [0.717, 1.165) is 13.0 Å². The van der Waals surface area contributed by atoms with Crippen LogP contribution in [0.3, 0.4) is 0 Å². The molecule has 1 atom stereocenters. The monoisotopic (exact) mass is 128 g/mol. The van der Waals surface area contributed by atoms with Crippen LogP contribution in [0, 0.1) is 0 Å². The maximum Gasteiger partial charge on any atom is 0.150 e. The van der Waals surface area contributed by atoms with Gasteiger partial charge >= 0.3 is 0 Å². The lowest BCUT2D eigenvalue weighted by Crippen LogP contribution is -2.27. The van der Waals surface area contributed by atoms with Crippen LogP contribution in [0.4, 0.5) is 0 Å². The average molecular weight is 128 g/mol. The number of ether oxygens (including phenoxy) is 1. The molecule has 0 aromatic rings. The molecule has 0 saturated heterocycles. The zero-order valence-electron chi connectivity index (χ0n) is 5.87. The Bertz CT molecular complexity index is 114. The summed E-state index contributed by atoms with van der Waals surface area (Å²) in [4.78, 5) is 0. The van der Waals surface area contributed by atoms with Crippen molar-refractivity contribution >= 4 is 6.21 Å². The van der Waals surface area contributed by atoms with E-state index in [1.807, 2.05) is 11.2 Å². The maximum atomic E-state index is 5.12. The van der Waals surface area contributed by atoms with E-state index in [-0.39, 0.29) is 6.23 Å². The number of methoxy groups -OCH3 is 1. The Morgan fingerprint density at radius 1 is 1.89 bits per heavy atom. The fourth-order valence-corrected chi connectivity index (χ4v) is 0.941. The molecule has 9 heavy (non-hydrogen) atoms. The molecule has 0 saturated carbocycles. The number of hydrogen-bond acceptors (Lipinski definition) is 3. The number of nitrogens with zero attached hydrogens (tertiary/aromatic N) is 2. The Kier molecular flexibility index (Phi) is 2.05. The SMILES string of the molecule is CCN1N=CCC1OC. The molecule has 0 aromatic carbocycles. The first kappa shape index (κ1) is 6.55. The highest BCUT2D eigenvalue weighted by Crippen LogP contribution is 2.09. The van der Waals surface area contributed by atoms with Crippen molar-refractivity contribution in [3.8, 4) is 0 Å². The summed E-state index contributed by atoms with van der Waals surface area (Å²) < 4.78 is 5.12. The second-order valence-electron chi connectivity index (χ2n) is 1.98. The van der Waals surface area contributed by atoms with Crippen LogP contribution >= 0.6 is 0 Å². The zero-order valence-corrected chi connectivity index (χ0v) is 5.87. The molecule has 1 unspecified atom stereocenters. The van der Waals surface area contributed by atoms with E-state index < -0.39 is 0 Å². The molecule has 1 heterocycles. The smallest absolute Gasteiger partial charge is 0.150 e. The fourth-order valence-electron chi connectivity index (χ4n) is 0.941. The van der Waals surface area contributed by atoms with Crippen molar-refractivity contribution in [3.63, 3.8) is 0 Å². The number of rotatable bonds is 2. The molecule has 0 bridgehead atoms. The van der Waals surface area contributed by atoms with Crippen molar-refractivity contribution in [3.05, 3.63) is 0 Å². The van der Waals surface area contributed by atoms with Crippen LogP contribution < -0.4 is 0 Å². The minimum Gasteiger partial charge on any atom is -0.360 e. The normalized spacial score (nSPS) is 25.6. The average Bonchev–Trinajstić information content (AvgIpc) is 2.33. The Balaban J connectivity index is 2.39. The third-order valence-electron chi connectivity index (χ3n) is 1.47. The van der Waals surface area contributed by atoms with Gasteiger partial charge in [-0.3, -0.25) is 5.01 Å². The van der Waals surface area contributed by atoms with Crippen molar-refractivity contribution in [1.29, 1.82) is 0 Å². The van der Waals surface area contributed by atoms with Crippen LogP contribution in [0.5, 0.6) is 0 Å². The van der Waals surface area contributed by atoms with Gasteiger partial charge in [0.2, 0.25) is 0 Å². The minimum absolute atomic E-state index is 0.190. The molecule has 0 fully saturated rings. The molecule has 0 aliphatic carbocycles. The lowest BCUT2D eigenvalue weighted by molar-refractivity contribution is -0.0109. The van der Waals surface area contributed by atoms with Crippen LogP contribution in [0.1, 0.15) is 13.3 Å². The van der Waals surface area contributed by atoms with Gasteiger partial charge in [-0.05, 0) is 6.92 Å². The Morgan fingerprint density at radius 3 is 3.11 bits per heavy atom. The molecule has 1 rings (SSSR count). The third-order valence-corrected chi connectivity index (χ3v) is 1.47. The summed E-state index contributed by atoms with van der Waals surface area (Å²) in [5.74, 6) is 0. The van der Waals surface area contributed by atoms with Gasteiger partial charge in [0.15, 0.2) is 0 Å². The van der Waals surface area contributed by atoms with Gasteiger partial charge in [0.25, 0.3) is 0 Å². The Labute approximate surface area is 55.3 Å². The summed E-state index contributed by atoms with van der Waals surface area (Å²) >= 11 is 0. The van der Waals surface area contributed by atoms with E-state index in [0.29, 0.717) is 0 Å². The van der Waals surface area contributed by atoms with Gasteiger partial charge in [-0.25, -0.2) is 0 Å². The van der Waals surface area contributed by atoms with E-state index in [1.54, 1.807) is 7.11 Å². The van der Waals surface area contributed by atoms with Crippen LogP contribution in [0.2, 0.25) is 0 Å². The van der Waals surface area contributed by atoms with E-state index in [4.69, 9.17) is 4.74 Å². The van der Waals surface area contributed by atoms with Gasteiger partial charge in [0.05, 0.1) is 0 Å². The molecule has 1 aliphatic rings. The minimum atomic E-state index is 0.190. The first-order chi connectivity index (χ1) is 4.38. The van der Waals surface area contributed by atoms with Gasteiger partial charge in [-0.1, -0.05) is 0 Å². The van der Waals surface area contributed by atoms with E-state index in [9.17, 15) is 0 Å². The van der Waals surface area contributed by atoms with Crippen molar-refractivity contribution in [1.82, 2.24) is 5.01 Å². The summed E-state index contributed by atoms with van der Waals surface area (Å²) in [5.41, 5.74) is 0. The van der Waals surface area contributed by atoms with Crippen molar-refractivity contribution in [2.24, 2.45) is 5.10 Å². The molecule has 3 heteroatoms. The highest BCUT2D eigenvalue weighted by atomic mass is 16.5. The van der Waals surface area contributed by atoms with Crippen molar-refractivity contribution in [2.45, 2.75) is 19.6 Å². The molecule has 0 radical (unpaired) electrons. The van der Waals surface area contributed by atoms with Gasteiger partial charge in [-0.15, -0.1) is 0 Å². The largest absolute Gasteiger partial charge is 0.360 e. The van der Waals surface area contributed by atoms with Gasteiger partial charge in [0.1, 0.15) is 6.23 Å². The Hall–Kier alpha value is -0.570. The molecule has 1 aliphatic heterocycles. The molecule has 3 nitrogen and oxygen atoms in total. The predicted molar refractivity (Wildman–Crippen MR) is 36.3 cm³/mol. The lowest BCUT2D eigenvalue weighted by atomic mass is 10.4.